The maximum Gasteiger partial charge on any atom is 0.253 e. The third-order valence-corrected chi connectivity index (χ3v) is 5.61. The Bertz CT molecular complexity index is 1110. The standard InChI is InChI=1S/C27H27N3O4/c31-25(28-16-20-10-4-1-5-11-20)24-26(32)29-23(19-34-18-22-14-8-3-9-15-22)27(33)30(24)17-21-12-6-2-7-13-21/h1-15,23-24H,16-19H2,(H,28,31)(H,29,32)/t23-,24?/m0/s1. The summed E-state index contributed by atoms with van der Waals surface area (Å²) in [5.41, 5.74) is 2.70. The van der Waals surface area contributed by atoms with Crippen LogP contribution in [-0.2, 0) is 38.8 Å². The summed E-state index contributed by atoms with van der Waals surface area (Å²) >= 11 is 0. The number of hydrogen-bond donors (Lipinski definition) is 2. The lowest BCUT2D eigenvalue weighted by molar-refractivity contribution is -0.156. The van der Waals surface area contributed by atoms with E-state index in [4.69, 9.17) is 4.74 Å². The van der Waals surface area contributed by atoms with Crippen LogP contribution in [0.4, 0.5) is 0 Å². The normalized spacial score (nSPS) is 17.8. The average Bonchev–Trinajstić information content (AvgIpc) is 2.87. The molecule has 0 radical (unpaired) electrons. The maximum absolute atomic E-state index is 13.4. The summed E-state index contributed by atoms with van der Waals surface area (Å²) in [5, 5.41) is 5.47. The molecule has 1 saturated heterocycles. The van der Waals surface area contributed by atoms with E-state index in [1.54, 1.807) is 0 Å². The smallest absolute Gasteiger partial charge is 0.253 e. The topological polar surface area (TPSA) is 87.7 Å². The van der Waals surface area contributed by atoms with E-state index in [0.717, 1.165) is 16.7 Å². The fourth-order valence-corrected chi connectivity index (χ4v) is 3.85. The van der Waals surface area contributed by atoms with Gasteiger partial charge in [0.2, 0.25) is 5.91 Å². The Morgan fingerprint density at radius 3 is 2.00 bits per heavy atom. The van der Waals surface area contributed by atoms with E-state index in [0.29, 0.717) is 6.61 Å². The molecule has 7 heteroatoms. The Morgan fingerprint density at radius 1 is 0.824 bits per heavy atom. The Balaban J connectivity index is 1.46. The lowest BCUT2D eigenvalue weighted by Crippen LogP contribution is -2.67. The van der Waals surface area contributed by atoms with Crippen molar-refractivity contribution >= 4 is 17.7 Å². The lowest BCUT2D eigenvalue weighted by Gasteiger charge is -2.38. The van der Waals surface area contributed by atoms with Crippen molar-refractivity contribution in [2.45, 2.75) is 31.8 Å². The van der Waals surface area contributed by atoms with Crippen LogP contribution in [0.15, 0.2) is 91.0 Å². The molecule has 3 aromatic rings. The number of ether oxygens (including phenoxy) is 1. The summed E-state index contributed by atoms with van der Waals surface area (Å²) < 4.78 is 5.71. The molecule has 34 heavy (non-hydrogen) atoms. The van der Waals surface area contributed by atoms with Crippen molar-refractivity contribution in [3.05, 3.63) is 108 Å². The highest BCUT2D eigenvalue weighted by Crippen LogP contribution is 2.16. The number of piperazine rings is 1. The minimum absolute atomic E-state index is 0.0170. The van der Waals surface area contributed by atoms with Crippen molar-refractivity contribution in [1.82, 2.24) is 15.5 Å². The Labute approximate surface area is 198 Å². The molecule has 2 N–H and O–H groups in total. The van der Waals surface area contributed by atoms with E-state index in [9.17, 15) is 14.4 Å². The fourth-order valence-electron chi connectivity index (χ4n) is 3.85. The number of nitrogens with zero attached hydrogens (tertiary/aromatic N) is 1. The van der Waals surface area contributed by atoms with Crippen molar-refractivity contribution in [1.29, 1.82) is 0 Å². The van der Waals surface area contributed by atoms with Gasteiger partial charge in [0.05, 0.1) is 13.2 Å². The molecule has 2 atom stereocenters. The number of carbonyl (C=O) groups is 3. The highest BCUT2D eigenvalue weighted by atomic mass is 16.5. The van der Waals surface area contributed by atoms with Gasteiger partial charge in [0.15, 0.2) is 6.04 Å². The van der Waals surface area contributed by atoms with Crippen LogP contribution in [0.5, 0.6) is 0 Å². The van der Waals surface area contributed by atoms with E-state index in [1.165, 1.54) is 4.90 Å². The molecule has 174 valence electrons. The third kappa shape index (κ3) is 5.88. The van der Waals surface area contributed by atoms with E-state index in [-0.39, 0.29) is 25.6 Å². The van der Waals surface area contributed by atoms with Crippen LogP contribution < -0.4 is 10.6 Å². The number of amides is 3. The van der Waals surface area contributed by atoms with Crippen LogP contribution in [0.3, 0.4) is 0 Å². The SMILES string of the molecule is O=C(NCc1ccccc1)C1C(=O)N[C@@H](COCc2ccccc2)C(=O)N1Cc1ccccc1. The van der Waals surface area contributed by atoms with Crippen LogP contribution in [0.2, 0.25) is 0 Å². The van der Waals surface area contributed by atoms with Gasteiger partial charge in [-0.1, -0.05) is 91.0 Å². The van der Waals surface area contributed by atoms with Gasteiger partial charge in [0.1, 0.15) is 6.04 Å². The van der Waals surface area contributed by atoms with Crippen molar-refractivity contribution < 1.29 is 19.1 Å². The van der Waals surface area contributed by atoms with Gasteiger partial charge < -0.3 is 20.3 Å². The van der Waals surface area contributed by atoms with Crippen LogP contribution >= 0.6 is 0 Å². The molecule has 3 amide bonds. The Kier molecular flexibility index (Phi) is 7.67. The molecule has 1 aliphatic heterocycles. The molecule has 0 saturated carbocycles. The number of rotatable bonds is 9. The molecule has 3 aromatic carbocycles. The summed E-state index contributed by atoms with van der Waals surface area (Å²) in [6, 6.07) is 26.2. The van der Waals surface area contributed by atoms with Gasteiger partial charge in [0.25, 0.3) is 11.8 Å². The summed E-state index contributed by atoms with van der Waals surface area (Å²) in [5.74, 6) is -1.39. The van der Waals surface area contributed by atoms with E-state index >= 15 is 0 Å². The third-order valence-electron chi connectivity index (χ3n) is 5.61. The molecule has 1 heterocycles. The predicted octanol–water partition coefficient (Wildman–Crippen LogP) is 2.42. The molecule has 0 aliphatic carbocycles. The summed E-state index contributed by atoms with van der Waals surface area (Å²) in [6.45, 7) is 0.745. The molecule has 0 bridgehead atoms. The van der Waals surface area contributed by atoms with E-state index in [2.05, 4.69) is 10.6 Å². The average molecular weight is 458 g/mol. The molecule has 1 unspecified atom stereocenters. The minimum Gasteiger partial charge on any atom is -0.374 e. The zero-order valence-corrected chi connectivity index (χ0v) is 18.7. The van der Waals surface area contributed by atoms with Gasteiger partial charge in [0, 0.05) is 13.1 Å². The van der Waals surface area contributed by atoms with Gasteiger partial charge in [-0.25, -0.2) is 0 Å². The van der Waals surface area contributed by atoms with Crippen LogP contribution in [0, 0.1) is 0 Å². The van der Waals surface area contributed by atoms with Crippen LogP contribution in [0.1, 0.15) is 16.7 Å². The molecular formula is C27H27N3O4. The Hall–Kier alpha value is -3.97. The van der Waals surface area contributed by atoms with Crippen LogP contribution in [0.25, 0.3) is 0 Å². The van der Waals surface area contributed by atoms with E-state index in [1.807, 2.05) is 91.0 Å². The van der Waals surface area contributed by atoms with Crippen molar-refractivity contribution in [3.63, 3.8) is 0 Å². The monoisotopic (exact) mass is 457 g/mol. The quantitative estimate of drug-likeness (QED) is 0.483. The highest BCUT2D eigenvalue weighted by molar-refractivity contribution is 6.10. The van der Waals surface area contributed by atoms with Gasteiger partial charge in [-0.15, -0.1) is 0 Å². The first-order valence-corrected chi connectivity index (χ1v) is 11.2. The first-order chi connectivity index (χ1) is 16.6. The molecule has 0 aromatic heterocycles. The zero-order valence-electron chi connectivity index (χ0n) is 18.7. The predicted molar refractivity (Wildman–Crippen MR) is 127 cm³/mol. The number of hydrogen-bond acceptors (Lipinski definition) is 4. The second kappa shape index (κ2) is 11.2. The summed E-state index contributed by atoms with van der Waals surface area (Å²) in [4.78, 5) is 40.7. The molecule has 1 aliphatic rings. The van der Waals surface area contributed by atoms with Gasteiger partial charge >= 0.3 is 0 Å². The van der Waals surface area contributed by atoms with Crippen molar-refractivity contribution in [3.8, 4) is 0 Å². The molecule has 1 fully saturated rings. The fraction of sp³-hybridized carbons (Fsp3) is 0.222. The van der Waals surface area contributed by atoms with Crippen molar-refractivity contribution in [2.75, 3.05) is 6.61 Å². The second-order valence-corrected chi connectivity index (χ2v) is 8.12. The first kappa shape index (κ1) is 23.2. The number of nitrogens with one attached hydrogen (secondary N) is 2. The molecular weight excluding hydrogens is 430 g/mol. The lowest BCUT2D eigenvalue weighted by atomic mass is 10.0. The van der Waals surface area contributed by atoms with Crippen LogP contribution in [-0.4, -0.2) is 41.3 Å². The van der Waals surface area contributed by atoms with Gasteiger partial charge in [-0.2, -0.15) is 0 Å². The Morgan fingerprint density at radius 2 is 1.38 bits per heavy atom. The number of carbonyl (C=O) groups excluding carboxylic acids is 3. The van der Waals surface area contributed by atoms with Gasteiger partial charge in [-0.3, -0.25) is 14.4 Å². The molecule has 7 nitrogen and oxygen atoms in total. The largest absolute Gasteiger partial charge is 0.374 e. The van der Waals surface area contributed by atoms with Crippen molar-refractivity contribution in [2.24, 2.45) is 0 Å². The molecule has 4 rings (SSSR count). The second-order valence-electron chi connectivity index (χ2n) is 8.12. The summed E-state index contributed by atoms with van der Waals surface area (Å²) in [6.07, 6.45) is 0. The maximum atomic E-state index is 13.4. The first-order valence-electron chi connectivity index (χ1n) is 11.2. The minimum atomic E-state index is -1.26. The zero-order chi connectivity index (χ0) is 23.8. The number of benzene rings is 3. The van der Waals surface area contributed by atoms with E-state index < -0.39 is 23.9 Å². The highest BCUT2D eigenvalue weighted by Gasteiger charge is 2.44. The summed E-state index contributed by atoms with van der Waals surface area (Å²) in [7, 11) is 0. The molecule has 0 spiro atoms. The van der Waals surface area contributed by atoms with Gasteiger partial charge in [-0.05, 0) is 16.7 Å².